The van der Waals surface area contributed by atoms with E-state index in [4.69, 9.17) is 0 Å². The van der Waals surface area contributed by atoms with Crippen LogP contribution < -0.4 is 0 Å². The van der Waals surface area contributed by atoms with Crippen molar-refractivity contribution in [3.05, 3.63) is 29.5 Å². The molecule has 0 aliphatic carbocycles. The van der Waals surface area contributed by atoms with Gasteiger partial charge < -0.3 is 10.0 Å². The number of rotatable bonds is 3. The van der Waals surface area contributed by atoms with Gasteiger partial charge in [0.25, 0.3) is 5.91 Å². The lowest BCUT2D eigenvalue weighted by Gasteiger charge is -2.33. The maximum absolute atomic E-state index is 12.6. The van der Waals surface area contributed by atoms with Crippen molar-refractivity contribution in [1.82, 2.24) is 19.9 Å². The van der Waals surface area contributed by atoms with Gasteiger partial charge in [-0.15, -0.1) is 11.3 Å². The standard InChI is InChI=1S/C15H18N4O2S/c1-10(20)11-4-2-7-19(8-11)15(21)12-9-22-14(18-12)13-16-5-3-6-17-13/h3,5-6,9-11,20H,2,4,7-8H2,1H3. The molecular weight excluding hydrogens is 300 g/mol. The predicted octanol–water partition coefficient (Wildman–Crippen LogP) is 1.83. The Morgan fingerprint density at radius 2 is 2.23 bits per heavy atom. The van der Waals surface area contributed by atoms with Crippen molar-refractivity contribution < 1.29 is 9.90 Å². The molecule has 6 nitrogen and oxygen atoms in total. The molecular formula is C15H18N4O2S. The summed E-state index contributed by atoms with van der Waals surface area (Å²) < 4.78 is 0. The lowest BCUT2D eigenvalue weighted by Crippen LogP contribution is -2.43. The molecule has 1 saturated heterocycles. The van der Waals surface area contributed by atoms with Crippen LogP contribution in [-0.2, 0) is 0 Å². The van der Waals surface area contributed by atoms with E-state index in [1.807, 2.05) is 0 Å². The van der Waals surface area contributed by atoms with Crippen LogP contribution >= 0.6 is 11.3 Å². The summed E-state index contributed by atoms with van der Waals surface area (Å²) in [6.07, 6.45) is 4.80. The summed E-state index contributed by atoms with van der Waals surface area (Å²) in [7, 11) is 0. The third-order valence-electron chi connectivity index (χ3n) is 3.91. The fraction of sp³-hybridized carbons (Fsp3) is 0.467. The Hall–Kier alpha value is -1.86. The lowest BCUT2D eigenvalue weighted by molar-refractivity contribution is 0.0462. The molecule has 3 rings (SSSR count). The maximum atomic E-state index is 12.6. The zero-order valence-corrected chi connectivity index (χ0v) is 13.2. The van der Waals surface area contributed by atoms with Crippen molar-refractivity contribution in [2.24, 2.45) is 5.92 Å². The van der Waals surface area contributed by atoms with Crippen LogP contribution in [0.1, 0.15) is 30.3 Å². The molecule has 0 aromatic carbocycles. The second-order valence-corrected chi connectivity index (χ2v) is 6.36. The average molecular weight is 318 g/mol. The maximum Gasteiger partial charge on any atom is 0.273 e. The van der Waals surface area contributed by atoms with Crippen LogP contribution in [0.25, 0.3) is 10.8 Å². The Balaban J connectivity index is 1.74. The number of aromatic nitrogens is 3. The summed E-state index contributed by atoms with van der Waals surface area (Å²) in [5.74, 6) is 0.601. The van der Waals surface area contributed by atoms with Crippen LogP contribution in [0.2, 0.25) is 0 Å². The van der Waals surface area contributed by atoms with E-state index < -0.39 is 0 Å². The molecule has 0 bridgehead atoms. The summed E-state index contributed by atoms with van der Waals surface area (Å²) in [6, 6.07) is 1.74. The van der Waals surface area contributed by atoms with Crippen molar-refractivity contribution in [2.75, 3.05) is 13.1 Å². The lowest BCUT2D eigenvalue weighted by atomic mass is 9.93. The Bertz CT molecular complexity index is 644. The summed E-state index contributed by atoms with van der Waals surface area (Å²) in [5, 5.41) is 12.1. The largest absolute Gasteiger partial charge is 0.393 e. The van der Waals surface area contributed by atoms with E-state index in [0.29, 0.717) is 23.1 Å². The quantitative estimate of drug-likeness (QED) is 0.934. The number of aliphatic hydroxyl groups excluding tert-OH is 1. The Labute approximate surface area is 132 Å². The second-order valence-electron chi connectivity index (χ2n) is 5.50. The van der Waals surface area contributed by atoms with Gasteiger partial charge >= 0.3 is 0 Å². The normalized spacial score (nSPS) is 19.9. The number of carbonyl (C=O) groups excluding carboxylic acids is 1. The topological polar surface area (TPSA) is 79.2 Å². The van der Waals surface area contributed by atoms with Gasteiger partial charge in [-0.3, -0.25) is 4.79 Å². The van der Waals surface area contributed by atoms with E-state index in [2.05, 4.69) is 15.0 Å². The van der Waals surface area contributed by atoms with Crippen LogP contribution in [0.15, 0.2) is 23.8 Å². The molecule has 7 heteroatoms. The number of hydrogen-bond donors (Lipinski definition) is 1. The zero-order chi connectivity index (χ0) is 15.5. The number of aliphatic hydroxyl groups is 1. The van der Waals surface area contributed by atoms with Crippen molar-refractivity contribution in [1.29, 1.82) is 0 Å². The van der Waals surface area contributed by atoms with Crippen molar-refractivity contribution >= 4 is 17.2 Å². The van der Waals surface area contributed by atoms with Gasteiger partial charge in [0.1, 0.15) is 5.69 Å². The molecule has 0 saturated carbocycles. The summed E-state index contributed by atoms with van der Waals surface area (Å²) >= 11 is 1.37. The van der Waals surface area contributed by atoms with Gasteiger partial charge in [0, 0.05) is 36.8 Å². The summed E-state index contributed by atoms with van der Waals surface area (Å²) in [4.78, 5) is 27.0. The van der Waals surface area contributed by atoms with Crippen LogP contribution in [-0.4, -0.2) is 50.1 Å². The van der Waals surface area contributed by atoms with Gasteiger partial charge in [0.05, 0.1) is 6.10 Å². The number of hydrogen-bond acceptors (Lipinski definition) is 6. The van der Waals surface area contributed by atoms with Gasteiger partial charge in [0.15, 0.2) is 10.8 Å². The SMILES string of the molecule is CC(O)C1CCCN(C(=O)c2csc(-c3ncccn3)n2)C1. The Kier molecular flexibility index (Phi) is 4.44. The molecule has 1 fully saturated rings. The predicted molar refractivity (Wildman–Crippen MR) is 83.4 cm³/mol. The van der Waals surface area contributed by atoms with Crippen molar-refractivity contribution in [3.8, 4) is 10.8 Å². The molecule has 22 heavy (non-hydrogen) atoms. The smallest absolute Gasteiger partial charge is 0.273 e. The average Bonchev–Trinajstić information content (AvgIpc) is 3.05. The molecule has 2 atom stereocenters. The molecule has 1 aliphatic rings. The number of thiazole rings is 1. The molecule has 1 amide bonds. The molecule has 0 radical (unpaired) electrons. The molecule has 116 valence electrons. The fourth-order valence-corrected chi connectivity index (χ4v) is 3.37. The fourth-order valence-electron chi connectivity index (χ4n) is 2.63. The summed E-state index contributed by atoms with van der Waals surface area (Å²) in [5.41, 5.74) is 0.429. The number of likely N-dealkylation sites (tertiary alicyclic amines) is 1. The summed E-state index contributed by atoms with van der Waals surface area (Å²) in [6.45, 7) is 3.09. The van der Waals surface area contributed by atoms with Crippen LogP contribution in [0.3, 0.4) is 0 Å². The minimum Gasteiger partial charge on any atom is -0.393 e. The second kappa shape index (κ2) is 6.50. The van der Waals surface area contributed by atoms with Gasteiger partial charge in [-0.05, 0) is 25.8 Å². The van der Waals surface area contributed by atoms with E-state index in [9.17, 15) is 9.90 Å². The van der Waals surface area contributed by atoms with Gasteiger partial charge in [-0.2, -0.15) is 0 Å². The third-order valence-corrected chi connectivity index (χ3v) is 4.75. The van der Waals surface area contributed by atoms with Crippen LogP contribution in [0.4, 0.5) is 0 Å². The molecule has 2 unspecified atom stereocenters. The molecule has 2 aromatic rings. The minimum atomic E-state index is -0.390. The van der Waals surface area contributed by atoms with Crippen molar-refractivity contribution in [3.63, 3.8) is 0 Å². The number of amides is 1. The molecule has 0 spiro atoms. The number of nitrogens with zero attached hydrogens (tertiary/aromatic N) is 4. The van der Waals surface area contributed by atoms with E-state index in [1.54, 1.807) is 35.7 Å². The van der Waals surface area contributed by atoms with E-state index in [1.165, 1.54) is 11.3 Å². The minimum absolute atomic E-state index is 0.0798. The molecule has 2 aromatic heterocycles. The first kappa shape index (κ1) is 15.1. The zero-order valence-electron chi connectivity index (χ0n) is 12.3. The van der Waals surface area contributed by atoms with Gasteiger partial charge in [-0.1, -0.05) is 0 Å². The Morgan fingerprint density at radius 1 is 1.45 bits per heavy atom. The first-order valence-electron chi connectivity index (χ1n) is 7.35. The molecule has 3 heterocycles. The number of piperidine rings is 1. The highest BCUT2D eigenvalue weighted by atomic mass is 32.1. The van der Waals surface area contributed by atoms with Crippen LogP contribution in [0, 0.1) is 5.92 Å². The highest BCUT2D eigenvalue weighted by Crippen LogP contribution is 2.24. The third kappa shape index (κ3) is 3.15. The Morgan fingerprint density at radius 3 is 2.95 bits per heavy atom. The monoisotopic (exact) mass is 318 g/mol. The highest BCUT2D eigenvalue weighted by Gasteiger charge is 2.28. The number of carbonyl (C=O) groups is 1. The van der Waals surface area contributed by atoms with Crippen molar-refractivity contribution in [2.45, 2.75) is 25.9 Å². The first-order chi connectivity index (χ1) is 10.6. The van der Waals surface area contributed by atoms with Crippen LogP contribution in [0.5, 0.6) is 0 Å². The first-order valence-corrected chi connectivity index (χ1v) is 8.23. The van der Waals surface area contributed by atoms with E-state index in [0.717, 1.165) is 19.4 Å². The van der Waals surface area contributed by atoms with E-state index in [-0.39, 0.29) is 17.9 Å². The highest BCUT2D eigenvalue weighted by molar-refractivity contribution is 7.13. The molecule has 1 aliphatic heterocycles. The van der Waals surface area contributed by atoms with E-state index >= 15 is 0 Å². The van der Waals surface area contributed by atoms with Gasteiger partial charge in [-0.25, -0.2) is 15.0 Å². The van der Waals surface area contributed by atoms with Gasteiger partial charge in [0.2, 0.25) is 0 Å². The molecule has 1 N–H and O–H groups in total.